The Morgan fingerprint density at radius 2 is 2.06 bits per heavy atom. The van der Waals surface area contributed by atoms with Crippen LogP contribution in [0.4, 0.5) is 8.78 Å². The SMILES string of the molecule is NC(=S)C1(NC(=O)CCOCC(F)F)CCCC1. The molecule has 1 aliphatic carbocycles. The van der Waals surface area contributed by atoms with Gasteiger partial charge in [0.15, 0.2) is 0 Å². The smallest absolute Gasteiger partial charge is 0.261 e. The van der Waals surface area contributed by atoms with Crippen LogP contribution in [0, 0.1) is 0 Å². The molecule has 0 heterocycles. The number of hydrogen-bond donors (Lipinski definition) is 2. The number of amides is 1. The molecule has 0 aromatic heterocycles. The number of thiocarbonyl (C=S) groups is 1. The predicted octanol–water partition coefficient (Wildman–Crippen LogP) is 1.37. The first-order chi connectivity index (χ1) is 8.46. The van der Waals surface area contributed by atoms with Crippen molar-refractivity contribution in [3.63, 3.8) is 0 Å². The highest BCUT2D eigenvalue weighted by atomic mass is 32.1. The van der Waals surface area contributed by atoms with Crippen molar-refractivity contribution in [3.05, 3.63) is 0 Å². The first-order valence-corrected chi connectivity index (χ1v) is 6.34. The summed E-state index contributed by atoms with van der Waals surface area (Å²) in [6, 6.07) is 0. The molecule has 104 valence electrons. The lowest BCUT2D eigenvalue weighted by atomic mass is 9.97. The molecule has 0 atom stereocenters. The summed E-state index contributed by atoms with van der Waals surface area (Å²) in [5.41, 5.74) is 5.07. The lowest BCUT2D eigenvalue weighted by Crippen LogP contribution is -2.54. The van der Waals surface area contributed by atoms with E-state index in [1.165, 1.54) is 0 Å². The third kappa shape index (κ3) is 4.45. The Labute approximate surface area is 110 Å². The molecule has 0 saturated heterocycles. The van der Waals surface area contributed by atoms with Gasteiger partial charge in [-0.15, -0.1) is 0 Å². The van der Waals surface area contributed by atoms with Crippen molar-refractivity contribution in [1.29, 1.82) is 0 Å². The fourth-order valence-corrected chi connectivity index (χ4v) is 2.33. The summed E-state index contributed by atoms with van der Waals surface area (Å²) in [6.07, 6.45) is 0.958. The summed E-state index contributed by atoms with van der Waals surface area (Å²) >= 11 is 4.99. The van der Waals surface area contributed by atoms with E-state index in [1.807, 2.05) is 0 Å². The zero-order valence-electron chi connectivity index (χ0n) is 10.1. The highest BCUT2D eigenvalue weighted by Gasteiger charge is 2.37. The Hall–Kier alpha value is -0.820. The van der Waals surface area contributed by atoms with Crippen LogP contribution in [0.25, 0.3) is 0 Å². The van der Waals surface area contributed by atoms with Crippen LogP contribution >= 0.6 is 12.2 Å². The van der Waals surface area contributed by atoms with E-state index < -0.39 is 18.6 Å². The topological polar surface area (TPSA) is 64.3 Å². The molecule has 0 spiro atoms. The number of rotatable bonds is 7. The van der Waals surface area contributed by atoms with Crippen LogP contribution in [-0.2, 0) is 9.53 Å². The van der Waals surface area contributed by atoms with Crippen molar-refractivity contribution < 1.29 is 18.3 Å². The Bertz CT molecular complexity index is 307. The normalized spacial score (nSPS) is 17.9. The average Bonchev–Trinajstić information content (AvgIpc) is 2.74. The van der Waals surface area contributed by atoms with Gasteiger partial charge in [0.25, 0.3) is 6.43 Å². The maximum absolute atomic E-state index is 11.8. The van der Waals surface area contributed by atoms with E-state index in [2.05, 4.69) is 10.1 Å². The molecular formula is C11H18F2N2O2S. The molecule has 1 fully saturated rings. The molecule has 0 aliphatic heterocycles. The minimum absolute atomic E-state index is 0.0242. The summed E-state index contributed by atoms with van der Waals surface area (Å²) < 4.78 is 28.2. The minimum atomic E-state index is -2.51. The van der Waals surface area contributed by atoms with Gasteiger partial charge < -0.3 is 15.8 Å². The molecule has 1 saturated carbocycles. The van der Waals surface area contributed by atoms with E-state index in [9.17, 15) is 13.6 Å². The van der Waals surface area contributed by atoms with Crippen molar-refractivity contribution in [3.8, 4) is 0 Å². The lowest BCUT2D eigenvalue weighted by Gasteiger charge is -2.29. The number of carbonyl (C=O) groups is 1. The van der Waals surface area contributed by atoms with E-state index in [0.717, 1.165) is 25.7 Å². The van der Waals surface area contributed by atoms with Gasteiger partial charge in [-0.25, -0.2) is 8.78 Å². The number of halogens is 2. The van der Waals surface area contributed by atoms with Gasteiger partial charge in [-0.1, -0.05) is 25.1 Å². The molecule has 4 nitrogen and oxygen atoms in total. The minimum Gasteiger partial charge on any atom is -0.391 e. The average molecular weight is 280 g/mol. The number of nitrogens with one attached hydrogen (secondary N) is 1. The second kappa shape index (κ2) is 6.94. The quantitative estimate of drug-likeness (QED) is 0.546. The molecule has 1 amide bonds. The maximum atomic E-state index is 11.8. The lowest BCUT2D eigenvalue weighted by molar-refractivity contribution is -0.123. The van der Waals surface area contributed by atoms with Gasteiger partial charge in [0.2, 0.25) is 5.91 Å². The largest absolute Gasteiger partial charge is 0.391 e. The van der Waals surface area contributed by atoms with Gasteiger partial charge >= 0.3 is 0 Å². The molecule has 1 aliphatic rings. The van der Waals surface area contributed by atoms with Crippen LogP contribution in [-0.4, -0.2) is 36.1 Å². The van der Waals surface area contributed by atoms with Gasteiger partial charge in [-0.3, -0.25) is 4.79 Å². The van der Waals surface area contributed by atoms with Crippen LogP contribution in [0.5, 0.6) is 0 Å². The van der Waals surface area contributed by atoms with E-state index in [0.29, 0.717) is 4.99 Å². The Morgan fingerprint density at radius 1 is 1.44 bits per heavy atom. The van der Waals surface area contributed by atoms with E-state index in [1.54, 1.807) is 0 Å². The zero-order chi connectivity index (χ0) is 13.6. The molecule has 18 heavy (non-hydrogen) atoms. The molecule has 7 heteroatoms. The molecule has 0 unspecified atom stereocenters. The third-order valence-corrected chi connectivity index (χ3v) is 3.42. The number of nitrogens with two attached hydrogens (primary N) is 1. The summed E-state index contributed by atoms with van der Waals surface area (Å²) in [5, 5.41) is 2.81. The van der Waals surface area contributed by atoms with Gasteiger partial charge in [-0.05, 0) is 12.8 Å². The Balaban J connectivity index is 2.32. The van der Waals surface area contributed by atoms with Crippen molar-refractivity contribution in [1.82, 2.24) is 5.32 Å². The highest BCUT2D eigenvalue weighted by molar-refractivity contribution is 7.80. The Kier molecular flexibility index (Phi) is 5.87. The number of ether oxygens (including phenoxy) is 1. The maximum Gasteiger partial charge on any atom is 0.261 e. The number of carbonyl (C=O) groups excluding carboxylic acids is 1. The van der Waals surface area contributed by atoms with E-state index in [4.69, 9.17) is 18.0 Å². The monoisotopic (exact) mass is 280 g/mol. The first-order valence-electron chi connectivity index (χ1n) is 5.93. The van der Waals surface area contributed by atoms with Crippen molar-refractivity contribution in [2.24, 2.45) is 5.73 Å². The van der Waals surface area contributed by atoms with Gasteiger partial charge in [0.1, 0.15) is 6.61 Å². The number of hydrogen-bond acceptors (Lipinski definition) is 3. The third-order valence-electron chi connectivity index (χ3n) is 3.02. The first kappa shape index (κ1) is 15.2. The fraction of sp³-hybridized carbons (Fsp3) is 0.818. The Morgan fingerprint density at radius 3 is 2.56 bits per heavy atom. The predicted molar refractivity (Wildman–Crippen MR) is 67.6 cm³/mol. The zero-order valence-corrected chi connectivity index (χ0v) is 10.9. The summed E-state index contributed by atoms with van der Waals surface area (Å²) in [6.45, 7) is -0.669. The standard InChI is InChI=1S/C11H18F2N2O2S/c12-8(13)7-17-6-3-9(16)15-11(10(14)18)4-1-2-5-11/h8H,1-7H2,(H2,14,18)(H,15,16). The van der Waals surface area contributed by atoms with Gasteiger partial charge in [-0.2, -0.15) is 0 Å². The molecule has 0 aromatic rings. The molecule has 3 N–H and O–H groups in total. The summed E-state index contributed by atoms with van der Waals surface area (Å²) in [4.78, 5) is 12.0. The van der Waals surface area contributed by atoms with E-state index in [-0.39, 0.29) is 18.9 Å². The number of alkyl halides is 2. The van der Waals surface area contributed by atoms with Crippen LogP contribution in [0.15, 0.2) is 0 Å². The van der Waals surface area contributed by atoms with Gasteiger partial charge in [0, 0.05) is 6.42 Å². The van der Waals surface area contributed by atoms with Crippen LogP contribution < -0.4 is 11.1 Å². The van der Waals surface area contributed by atoms with Crippen molar-refractivity contribution >= 4 is 23.1 Å². The molecular weight excluding hydrogens is 262 g/mol. The summed E-state index contributed by atoms with van der Waals surface area (Å²) in [5.74, 6) is -0.265. The van der Waals surface area contributed by atoms with Crippen molar-refractivity contribution in [2.45, 2.75) is 44.1 Å². The van der Waals surface area contributed by atoms with Crippen LogP contribution in [0.3, 0.4) is 0 Å². The highest BCUT2D eigenvalue weighted by Crippen LogP contribution is 2.30. The van der Waals surface area contributed by atoms with Crippen molar-refractivity contribution in [2.75, 3.05) is 13.2 Å². The fourth-order valence-electron chi connectivity index (χ4n) is 2.08. The van der Waals surface area contributed by atoms with Crippen LogP contribution in [0.2, 0.25) is 0 Å². The van der Waals surface area contributed by atoms with Gasteiger partial charge in [0.05, 0.1) is 17.1 Å². The molecule has 1 rings (SSSR count). The van der Waals surface area contributed by atoms with Crippen LogP contribution in [0.1, 0.15) is 32.1 Å². The summed E-state index contributed by atoms with van der Waals surface area (Å²) in [7, 11) is 0. The second-order valence-electron chi connectivity index (χ2n) is 4.42. The molecule has 0 bridgehead atoms. The second-order valence-corrected chi connectivity index (χ2v) is 4.86. The molecule has 0 aromatic carbocycles. The van der Waals surface area contributed by atoms with E-state index >= 15 is 0 Å². The molecule has 0 radical (unpaired) electrons.